The SMILES string of the molecule is CSc1cccc(Nc2nc(Cl)nc(OC(C)C)n2)c1. The summed E-state index contributed by atoms with van der Waals surface area (Å²) in [6.45, 7) is 3.79. The van der Waals surface area contributed by atoms with E-state index in [1.54, 1.807) is 11.8 Å². The fourth-order valence-corrected chi connectivity index (χ4v) is 2.09. The Morgan fingerprint density at radius 3 is 2.75 bits per heavy atom. The van der Waals surface area contributed by atoms with Crippen LogP contribution in [0.4, 0.5) is 11.6 Å². The maximum Gasteiger partial charge on any atom is 0.322 e. The topological polar surface area (TPSA) is 59.9 Å². The number of nitrogens with one attached hydrogen (secondary N) is 1. The van der Waals surface area contributed by atoms with Crippen molar-refractivity contribution in [1.82, 2.24) is 15.0 Å². The highest BCUT2D eigenvalue weighted by Crippen LogP contribution is 2.22. The normalized spacial score (nSPS) is 10.7. The largest absolute Gasteiger partial charge is 0.461 e. The maximum atomic E-state index is 5.87. The molecule has 5 nitrogen and oxygen atoms in total. The summed E-state index contributed by atoms with van der Waals surface area (Å²) in [4.78, 5) is 13.3. The minimum atomic E-state index is -0.0267. The van der Waals surface area contributed by atoms with Crippen LogP contribution in [0.1, 0.15) is 13.8 Å². The van der Waals surface area contributed by atoms with Gasteiger partial charge in [0, 0.05) is 10.6 Å². The summed E-state index contributed by atoms with van der Waals surface area (Å²) in [5.41, 5.74) is 0.884. The molecule has 106 valence electrons. The molecule has 0 bridgehead atoms. The first-order chi connectivity index (χ1) is 9.56. The lowest BCUT2D eigenvalue weighted by atomic mass is 10.3. The molecule has 1 heterocycles. The molecule has 1 aromatic heterocycles. The molecule has 0 spiro atoms. The van der Waals surface area contributed by atoms with Gasteiger partial charge in [0.2, 0.25) is 11.2 Å². The lowest BCUT2D eigenvalue weighted by Crippen LogP contribution is -2.10. The Kier molecular flexibility index (Phi) is 5.03. The molecular weight excluding hydrogens is 296 g/mol. The number of benzene rings is 1. The van der Waals surface area contributed by atoms with Crippen LogP contribution in [0.2, 0.25) is 5.28 Å². The highest BCUT2D eigenvalue weighted by atomic mass is 35.5. The Morgan fingerprint density at radius 1 is 1.25 bits per heavy atom. The van der Waals surface area contributed by atoms with Crippen molar-refractivity contribution in [3.05, 3.63) is 29.5 Å². The Hall–Kier alpha value is -1.53. The van der Waals surface area contributed by atoms with Crippen LogP contribution in [0.25, 0.3) is 0 Å². The Morgan fingerprint density at radius 2 is 2.05 bits per heavy atom. The third-order valence-electron chi connectivity index (χ3n) is 2.25. The maximum absolute atomic E-state index is 5.87. The molecule has 0 radical (unpaired) electrons. The minimum absolute atomic E-state index is 0.0267. The van der Waals surface area contributed by atoms with Gasteiger partial charge in [-0.2, -0.15) is 15.0 Å². The van der Waals surface area contributed by atoms with Crippen molar-refractivity contribution in [3.63, 3.8) is 0 Å². The first-order valence-electron chi connectivity index (χ1n) is 6.06. The number of ether oxygens (including phenoxy) is 1. The molecule has 0 aliphatic rings. The number of hydrogen-bond donors (Lipinski definition) is 1. The molecule has 0 amide bonds. The highest BCUT2D eigenvalue weighted by Gasteiger charge is 2.08. The summed E-state index contributed by atoms with van der Waals surface area (Å²) in [5, 5.41) is 3.19. The van der Waals surface area contributed by atoms with Gasteiger partial charge in [-0.25, -0.2) is 0 Å². The molecule has 2 rings (SSSR count). The van der Waals surface area contributed by atoms with Crippen LogP contribution in [0.5, 0.6) is 6.01 Å². The fourth-order valence-electron chi connectivity index (χ4n) is 1.48. The monoisotopic (exact) mass is 310 g/mol. The van der Waals surface area contributed by atoms with E-state index in [1.165, 1.54) is 0 Å². The Labute approximate surface area is 127 Å². The molecule has 2 aromatic rings. The zero-order chi connectivity index (χ0) is 14.5. The van der Waals surface area contributed by atoms with E-state index in [-0.39, 0.29) is 17.4 Å². The van der Waals surface area contributed by atoms with Crippen molar-refractivity contribution in [2.24, 2.45) is 0 Å². The van der Waals surface area contributed by atoms with Gasteiger partial charge in [0.25, 0.3) is 0 Å². The van der Waals surface area contributed by atoms with Crippen molar-refractivity contribution in [3.8, 4) is 6.01 Å². The zero-order valence-corrected chi connectivity index (χ0v) is 13.0. The second kappa shape index (κ2) is 6.76. The van der Waals surface area contributed by atoms with Gasteiger partial charge in [-0.15, -0.1) is 11.8 Å². The summed E-state index contributed by atoms with van der Waals surface area (Å²) in [7, 11) is 0. The molecule has 0 saturated heterocycles. The molecule has 0 aliphatic carbocycles. The van der Waals surface area contributed by atoms with E-state index < -0.39 is 0 Å². The highest BCUT2D eigenvalue weighted by molar-refractivity contribution is 7.98. The second-order valence-electron chi connectivity index (χ2n) is 4.23. The van der Waals surface area contributed by atoms with E-state index in [4.69, 9.17) is 16.3 Å². The minimum Gasteiger partial charge on any atom is -0.461 e. The van der Waals surface area contributed by atoms with Crippen LogP contribution in [0.3, 0.4) is 0 Å². The molecule has 0 atom stereocenters. The molecule has 7 heteroatoms. The number of halogens is 1. The van der Waals surface area contributed by atoms with Crippen LogP contribution in [-0.4, -0.2) is 27.3 Å². The van der Waals surface area contributed by atoms with Gasteiger partial charge in [0.15, 0.2) is 0 Å². The third-order valence-corrected chi connectivity index (χ3v) is 3.15. The van der Waals surface area contributed by atoms with Crippen LogP contribution in [-0.2, 0) is 0 Å². The quantitative estimate of drug-likeness (QED) is 0.848. The molecule has 0 aliphatic heterocycles. The van der Waals surface area contributed by atoms with E-state index in [1.807, 2.05) is 44.4 Å². The third kappa shape index (κ3) is 4.25. The average molecular weight is 311 g/mol. The van der Waals surface area contributed by atoms with Gasteiger partial charge in [0.1, 0.15) is 0 Å². The van der Waals surface area contributed by atoms with E-state index in [0.29, 0.717) is 5.95 Å². The van der Waals surface area contributed by atoms with Crippen molar-refractivity contribution in [2.75, 3.05) is 11.6 Å². The van der Waals surface area contributed by atoms with Crippen LogP contribution < -0.4 is 10.1 Å². The predicted molar refractivity (Wildman–Crippen MR) is 82.1 cm³/mol. The molecule has 0 fully saturated rings. The smallest absolute Gasteiger partial charge is 0.322 e. The number of rotatable bonds is 5. The first kappa shape index (κ1) is 14.9. The van der Waals surface area contributed by atoms with Gasteiger partial charge in [0.05, 0.1) is 6.10 Å². The van der Waals surface area contributed by atoms with Crippen LogP contribution >= 0.6 is 23.4 Å². The summed E-state index contributed by atoms with van der Waals surface area (Å²) < 4.78 is 5.43. The van der Waals surface area contributed by atoms with Gasteiger partial charge in [-0.3, -0.25) is 0 Å². The molecule has 0 saturated carbocycles. The number of aromatic nitrogens is 3. The van der Waals surface area contributed by atoms with Gasteiger partial charge in [-0.05, 0) is 49.9 Å². The molecule has 20 heavy (non-hydrogen) atoms. The second-order valence-corrected chi connectivity index (χ2v) is 5.45. The van der Waals surface area contributed by atoms with E-state index in [0.717, 1.165) is 10.6 Å². The van der Waals surface area contributed by atoms with Gasteiger partial charge < -0.3 is 10.1 Å². The molecule has 1 N–H and O–H groups in total. The van der Waals surface area contributed by atoms with E-state index >= 15 is 0 Å². The number of hydrogen-bond acceptors (Lipinski definition) is 6. The average Bonchev–Trinajstić information content (AvgIpc) is 2.37. The Balaban J connectivity index is 2.21. The van der Waals surface area contributed by atoms with Crippen molar-refractivity contribution < 1.29 is 4.74 Å². The summed E-state index contributed by atoms with van der Waals surface area (Å²) in [6, 6.07) is 8.14. The standard InChI is InChI=1S/C13H15ClN4OS/c1-8(2)19-13-17-11(14)16-12(18-13)15-9-5-4-6-10(7-9)20-3/h4-8H,1-3H3,(H,15,16,17,18). The summed E-state index contributed by atoms with van der Waals surface area (Å²) >= 11 is 7.54. The van der Waals surface area contributed by atoms with E-state index in [9.17, 15) is 0 Å². The number of thioether (sulfide) groups is 1. The molecule has 0 unspecified atom stereocenters. The van der Waals surface area contributed by atoms with Gasteiger partial charge >= 0.3 is 6.01 Å². The van der Waals surface area contributed by atoms with E-state index in [2.05, 4.69) is 20.3 Å². The lowest BCUT2D eigenvalue weighted by molar-refractivity contribution is 0.222. The predicted octanol–water partition coefficient (Wildman–Crippen LogP) is 3.78. The Bertz CT molecular complexity index is 594. The van der Waals surface area contributed by atoms with Crippen molar-refractivity contribution >= 4 is 35.0 Å². The zero-order valence-electron chi connectivity index (χ0n) is 11.4. The molecular formula is C13H15ClN4OS. The van der Waals surface area contributed by atoms with Crippen LogP contribution in [0.15, 0.2) is 29.2 Å². The van der Waals surface area contributed by atoms with Crippen molar-refractivity contribution in [1.29, 1.82) is 0 Å². The number of nitrogens with zero attached hydrogens (tertiary/aromatic N) is 3. The lowest BCUT2D eigenvalue weighted by Gasteiger charge is -2.10. The molecule has 1 aromatic carbocycles. The van der Waals surface area contributed by atoms with Gasteiger partial charge in [-0.1, -0.05) is 6.07 Å². The fraction of sp³-hybridized carbons (Fsp3) is 0.308. The summed E-state index contributed by atoms with van der Waals surface area (Å²) in [5.74, 6) is 0.360. The summed E-state index contributed by atoms with van der Waals surface area (Å²) in [6.07, 6.45) is 1.99. The van der Waals surface area contributed by atoms with Crippen molar-refractivity contribution in [2.45, 2.75) is 24.8 Å². The van der Waals surface area contributed by atoms with Crippen LogP contribution in [0, 0.1) is 0 Å². The first-order valence-corrected chi connectivity index (χ1v) is 7.66. The number of anilines is 2.